The zero-order valence-corrected chi connectivity index (χ0v) is 14.8. The minimum atomic E-state index is -1.17. The van der Waals surface area contributed by atoms with Crippen LogP contribution in [0.4, 0.5) is 5.69 Å². The molecule has 1 heterocycles. The summed E-state index contributed by atoms with van der Waals surface area (Å²) in [4.78, 5) is 23.4. The van der Waals surface area contributed by atoms with Crippen LogP contribution in [-0.4, -0.2) is 26.8 Å². The number of carboxylic acid groups (broad SMARTS) is 1. The summed E-state index contributed by atoms with van der Waals surface area (Å²) in [7, 11) is 0. The van der Waals surface area contributed by atoms with Gasteiger partial charge in [0.25, 0.3) is 0 Å². The molecule has 0 aliphatic heterocycles. The first-order valence-corrected chi connectivity index (χ1v) is 8.42. The quantitative estimate of drug-likeness (QED) is 0.713. The Bertz CT molecular complexity index is 960. The molecule has 0 aliphatic carbocycles. The number of carboxylic acids is 1. The first-order valence-electron chi connectivity index (χ1n) is 8.42. The summed E-state index contributed by atoms with van der Waals surface area (Å²) in [5, 5.41) is 18.4. The summed E-state index contributed by atoms with van der Waals surface area (Å²) in [6.07, 6.45) is 3.96. The Morgan fingerprint density at radius 2 is 1.88 bits per heavy atom. The number of carbonyl (C=O) groups is 2. The van der Waals surface area contributed by atoms with Crippen LogP contribution in [0.25, 0.3) is 10.8 Å². The Balaban J connectivity index is 1.60. The van der Waals surface area contributed by atoms with Gasteiger partial charge in [-0.25, -0.2) is 4.79 Å². The summed E-state index contributed by atoms with van der Waals surface area (Å²) in [5.74, 6) is -1.12. The molecule has 26 heavy (non-hydrogen) atoms. The number of carbonyl (C=O) groups excluding carboxylic acids is 1. The molecule has 2 aromatic carbocycles. The van der Waals surface area contributed by atoms with Crippen molar-refractivity contribution in [3.8, 4) is 0 Å². The van der Waals surface area contributed by atoms with Gasteiger partial charge in [0.2, 0.25) is 5.91 Å². The van der Waals surface area contributed by atoms with Gasteiger partial charge in [-0.15, -0.1) is 0 Å². The van der Waals surface area contributed by atoms with E-state index in [1.165, 1.54) is 22.5 Å². The number of anilines is 1. The number of aliphatic carboxylic acids is 1. The topological polar surface area (TPSA) is 84.2 Å². The van der Waals surface area contributed by atoms with Gasteiger partial charge in [-0.1, -0.05) is 42.5 Å². The van der Waals surface area contributed by atoms with Crippen molar-refractivity contribution in [2.24, 2.45) is 0 Å². The molecule has 0 aliphatic rings. The van der Waals surface area contributed by atoms with Crippen molar-refractivity contribution >= 4 is 28.3 Å². The Morgan fingerprint density at radius 3 is 2.62 bits per heavy atom. The fraction of sp³-hybridized carbons (Fsp3) is 0.250. The lowest BCUT2D eigenvalue weighted by Crippen LogP contribution is -2.35. The van der Waals surface area contributed by atoms with Gasteiger partial charge >= 0.3 is 5.97 Å². The predicted molar refractivity (Wildman–Crippen MR) is 100 cm³/mol. The zero-order chi connectivity index (χ0) is 18.7. The monoisotopic (exact) mass is 351 g/mol. The van der Waals surface area contributed by atoms with E-state index in [0.29, 0.717) is 18.5 Å². The lowest BCUT2D eigenvalue weighted by Gasteiger charge is -2.19. The maximum Gasteiger partial charge on any atom is 0.331 e. The van der Waals surface area contributed by atoms with Crippen LogP contribution in [0, 0.1) is 0 Å². The highest BCUT2D eigenvalue weighted by Gasteiger charge is 2.30. The zero-order valence-electron chi connectivity index (χ0n) is 14.8. The predicted octanol–water partition coefficient (Wildman–Crippen LogP) is 3.43. The first kappa shape index (κ1) is 17.7. The number of rotatable bonds is 6. The molecule has 6 nitrogen and oxygen atoms in total. The second-order valence-corrected chi connectivity index (χ2v) is 6.77. The fourth-order valence-electron chi connectivity index (χ4n) is 2.67. The van der Waals surface area contributed by atoms with E-state index in [2.05, 4.69) is 34.7 Å². The molecule has 134 valence electrons. The molecule has 0 saturated heterocycles. The van der Waals surface area contributed by atoms with Gasteiger partial charge < -0.3 is 10.4 Å². The molecule has 3 rings (SSSR count). The molecule has 6 heteroatoms. The number of amides is 1. The van der Waals surface area contributed by atoms with E-state index >= 15 is 0 Å². The molecule has 0 bridgehead atoms. The van der Waals surface area contributed by atoms with Crippen LogP contribution in [0.1, 0.15) is 25.8 Å². The number of hydrogen-bond acceptors (Lipinski definition) is 3. The highest BCUT2D eigenvalue weighted by molar-refractivity contribution is 5.91. The average Bonchev–Trinajstić information content (AvgIpc) is 3.09. The minimum absolute atomic E-state index is 0.133. The van der Waals surface area contributed by atoms with Gasteiger partial charge in [0.05, 0.1) is 11.9 Å². The Kier molecular flexibility index (Phi) is 4.75. The molecule has 1 aromatic heterocycles. The Labute approximate surface area is 151 Å². The number of nitrogens with zero attached hydrogens (tertiary/aromatic N) is 2. The standard InChI is InChI=1S/C20H21N3O3/c1-20(2,19(25)26)23-13-17(12-21-23)22-18(24)10-8-14-7-9-15-5-3-4-6-16(15)11-14/h3-7,9,11-13H,8,10H2,1-2H3,(H,22,24)(H,25,26). The van der Waals surface area contributed by atoms with Gasteiger partial charge in [0.15, 0.2) is 5.54 Å². The number of hydrogen-bond donors (Lipinski definition) is 2. The Morgan fingerprint density at radius 1 is 1.15 bits per heavy atom. The second-order valence-electron chi connectivity index (χ2n) is 6.77. The van der Waals surface area contributed by atoms with Crippen LogP contribution in [0.2, 0.25) is 0 Å². The van der Waals surface area contributed by atoms with Gasteiger partial charge in [-0.05, 0) is 36.6 Å². The van der Waals surface area contributed by atoms with Crippen molar-refractivity contribution in [1.82, 2.24) is 9.78 Å². The molecular weight excluding hydrogens is 330 g/mol. The van der Waals surface area contributed by atoms with E-state index in [0.717, 1.165) is 10.9 Å². The smallest absolute Gasteiger partial charge is 0.331 e. The van der Waals surface area contributed by atoms with Crippen molar-refractivity contribution in [2.75, 3.05) is 5.32 Å². The van der Waals surface area contributed by atoms with Crippen LogP contribution in [0.3, 0.4) is 0 Å². The van der Waals surface area contributed by atoms with Crippen LogP contribution in [0.15, 0.2) is 54.9 Å². The number of nitrogens with one attached hydrogen (secondary N) is 1. The summed E-state index contributed by atoms with van der Waals surface area (Å²) in [6.45, 7) is 3.10. The molecule has 0 unspecified atom stereocenters. The molecule has 0 spiro atoms. The third-order valence-corrected chi connectivity index (χ3v) is 4.42. The SMILES string of the molecule is CC(C)(C(=O)O)n1cc(NC(=O)CCc2ccc3ccccc3c2)cn1. The summed E-state index contributed by atoms with van der Waals surface area (Å²) >= 11 is 0. The highest BCUT2D eigenvalue weighted by atomic mass is 16.4. The van der Waals surface area contributed by atoms with E-state index in [9.17, 15) is 14.7 Å². The van der Waals surface area contributed by atoms with Gasteiger partial charge in [-0.2, -0.15) is 5.10 Å². The number of aromatic nitrogens is 2. The van der Waals surface area contributed by atoms with Gasteiger partial charge in [0, 0.05) is 12.6 Å². The molecule has 3 aromatic rings. The summed E-state index contributed by atoms with van der Waals surface area (Å²) in [5.41, 5.74) is 0.415. The first-order chi connectivity index (χ1) is 12.4. The summed E-state index contributed by atoms with van der Waals surface area (Å²) in [6, 6.07) is 14.3. The van der Waals surface area contributed by atoms with E-state index < -0.39 is 11.5 Å². The van der Waals surface area contributed by atoms with Crippen LogP contribution >= 0.6 is 0 Å². The molecule has 0 saturated carbocycles. The van der Waals surface area contributed by atoms with Crippen molar-refractivity contribution in [3.63, 3.8) is 0 Å². The van der Waals surface area contributed by atoms with Crippen LogP contribution < -0.4 is 5.32 Å². The highest BCUT2D eigenvalue weighted by Crippen LogP contribution is 2.19. The summed E-state index contributed by atoms with van der Waals surface area (Å²) < 4.78 is 1.33. The average molecular weight is 351 g/mol. The van der Waals surface area contributed by atoms with Crippen molar-refractivity contribution < 1.29 is 14.7 Å². The maximum atomic E-state index is 12.2. The number of fused-ring (bicyclic) bond motifs is 1. The third kappa shape index (κ3) is 3.74. The minimum Gasteiger partial charge on any atom is -0.479 e. The number of aryl methyl sites for hydroxylation is 1. The lowest BCUT2D eigenvalue weighted by molar-refractivity contribution is -0.146. The maximum absolute atomic E-state index is 12.2. The molecule has 2 N–H and O–H groups in total. The Hall–Kier alpha value is -3.15. The lowest BCUT2D eigenvalue weighted by atomic mass is 10.0. The molecular formula is C20H21N3O3. The molecule has 0 radical (unpaired) electrons. The molecule has 0 atom stereocenters. The molecule has 1 amide bonds. The van der Waals surface area contributed by atoms with Gasteiger partial charge in [0.1, 0.15) is 0 Å². The van der Waals surface area contributed by atoms with Gasteiger partial charge in [-0.3, -0.25) is 9.48 Å². The van der Waals surface area contributed by atoms with Crippen LogP contribution in [0.5, 0.6) is 0 Å². The van der Waals surface area contributed by atoms with E-state index in [4.69, 9.17) is 0 Å². The second kappa shape index (κ2) is 7.00. The van der Waals surface area contributed by atoms with Crippen LogP contribution in [-0.2, 0) is 21.5 Å². The molecule has 0 fully saturated rings. The van der Waals surface area contributed by atoms with Crippen molar-refractivity contribution in [3.05, 3.63) is 60.4 Å². The van der Waals surface area contributed by atoms with Crippen molar-refractivity contribution in [2.45, 2.75) is 32.2 Å². The fourth-order valence-corrected chi connectivity index (χ4v) is 2.67. The van der Waals surface area contributed by atoms with E-state index in [-0.39, 0.29) is 5.91 Å². The van der Waals surface area contributed by atoms with E-state index in [1.807, 2.05) is 18.2 Å². The largest absolute Gasteiger partial charge is 0.479 e. The van der Waals surface area contributed by atoms with Crippen molar-refractivity contribution in [1.29, 1.82) is 0 Å². The number of benzene rings is 2. The normalized spacial score (nSPS) is 11.5. The third-order valence-electron chi connectivity index (χ3n) is 4.42. The van der Waals surface area contributed by atoms with E-state index in [1.54, 1.807) is 13.8 Å².